The summed E-state index contributed by atoms with van der Waals surface area (Å²) in [5.41, 5.74) is 2.04. The number of hydrogen-bond donors (Lipinski definition) is 1. The maximum Gasteiger partial charge on any atom is 0.257 e. The fourth-order valence-corrected chi connectivity index (χ4v) is 1.89. The highest BCUT2D eigenvalue weighted by molar-refractivity contribution is 6.04. The zero-order valence-electron chi connectivity index (χ0n) is 10.7. The van der Waals surface area contributed by atoms with E-state index in [4.69, 9.17) is 0 Å². The van der Waals surface area contributed by atoms with Gasteiger partial charge in [-0.15, -0.1) is 0 Å². The number of imidazole rings is 1. The minimum absolute atomic E-state index is 0.302. The van der Waals surface area contributed by atoms with Crippen molar-refractivity contribution in [2.75, 3.05) is 5.32 Å². The highest BCUT2D eigenvalue weighted by atomic mass is 19.1. The number of anilines is 1. The van der Waals surface area contributed by atoms with E-state index in [0.717, 1.165) is 11.9 Å². The van der Waals surface area contributed by atoms with Crippen molar-refractivity contribution in [2.45, 2.75) is 6.92 Å². The zero-order valence-corrected chi connectivity index (χ0v) is 10.7. The van der Waals surface area contributed by atoms with Gasteiger partial charge in [0, 0.05) is 18.0 Å². The van der Waals surface area contributed by atoms with Gasteiger partial charge in [0.15, 0.2) is 0 Å². The molecule has 6 heteroatoms. The Kier molecular flexibility index (Phi) is 2.90. The summed E-state index contributed by atoms with van der Waals surface area (Å²) in [6, 6.07) is 6.02. The molecule has 0 aliphatic heterocycles. The van der Waals surface area contributed by atoms with Crippen LogP contribution in [0.2, 0.25) is 0 Å². The molecule has 0 spiro atoms. The molecule has 0 saturated carbocycles. The lowest BCUT2D eigenvalue weighted by Crippen LogP contribution is -2.13. The molecule has 0 aliphatic rings. The van der Waals surface area contributed by atoms with Gasteiger partial charge in [-0.1, -0.05) is 0 Å². The van der Waals surface area contributed by atoms with Gasteiger partial charge in [0.1, 0.15) is 17.3 Å². The van der Waals surface area contributed by atoms with Crippen molar-refractivity contribution in [3.63, 3.8) is 0 Å². The average molecular weight is 270 g/mol. The van der Waals surface area contributed by atoms with Crippen molar-refractivity contribution in [3.8, 4) is 0 Å². The van der Waals surface area contributed by atoms with Crippen LogP contribution in [0.5, 0.6) is 0 Å². The van der Waals surface area contributed by atoms with Gasteiger partial charge in [-0.3, -0.25) is 4.79 Å². The SMILES string of the molecule is Cc1cn2ccc(C(=O)Nc3ccc(F)cn3)cc2n1. The van der Waals surface area contributed by atoms with Crippen LogP contribution in [0, 0.1) is 12.7 Å². The topological polar surface area (TPSA) is 59.3 Å². The minimum Gasteiger partial charge on any atom is -0.307 e. The first-order valence-corrected chi connectivity index (χ1v) is 6.00. The molecule has 0 atom stereocenters. The number of pyridine rings is 2. The molecular weight excluding hydrogens is 259 g/mol. The summed E-state index contributed by atoms with van der Waals surface area (Å²) in [6.07, 6.45) is 4.69. The Balaban J connectivity index is 1.86. The first kappa shape index (κ1) is 12.3. The van der Waals surface area contributed by atoms with E-state index in [-0.39, 0.29) is 5.91 Å². The predicted molar refractivity (Wildman–Crippen MR) is 72.1 cm³/mol. The molecule has 0 unspecified atom stereocenters. The van der Waals surface area contributed by atoms with E-state index in [1.165, 1.54) is 12.1 Å². The zero-order chi connectivity index (χ0) is 14.1. The third kappa shape index (κ3) is 2.35. The van der Waals surface area contributed by atoms with Gasteiger partial charge >= 0.3 is 0 Å². The van der Waals surface area contributed by atoms with Crippen molar-refractivity contribution in [1.82, 2.24) is 14.4 Å². The van der Waals surface area contributed by atoms with Crippen LogP contribution < -0.4 is 5.32 Å². The van der Waals surface area contributed by atoms with E-state index in [9.17, 15) is 9.18 Å². The fourth-order valence-electron chi connectivity index (χ4n) is 1.89. The maximum atomic E-state index is 12.7. The number of aromatic nitrogens is 3. The van der Waals surface area contributed by atoms with Crippen LogP contribution >= 0.6 is 0 Å². The van der Waals surface area contributed by atoms with E-state index < -0.39 is 5.82 Å². The molecular formula is C14H11FN4O. The lowest BCUT2D eigenvalue weighted by molar-refractivity contribution is 0.102. The molecule has 100 valence electrons. The Morgan fingerprint density at radius 1 is 1.35 bits per heavy atom. The molecule has 3 aromatic heterocycles. The number of carbonyl (C=O) groups excluding carboxylic acids is 1. The summed E-state index contributed by atoms with van der Waals surface area (Å²) in [5.74, 6) is -0.458. The van der Waals surface area contributed by atoms with Gasteiger partial charge in [0.05, 0.1) is 11.9 Å². The molecule has 3 rings (SSSR count). The number of amides is 1. The highest BCUT2D eigenvalue weighted by Crippen LogP contribution is 2.10. The first-order chi connectivity index (χ1) is 9.61. The fraction of sp³-hybridized carbons (Fsp3) is 0.0714. The lowest BCUT2D eigenvalue weighted by atomic mass is 10.2. The Morgan fingerprint density at radius 3 is 2.95 bits per heavy atom. The number of carbonyl (C=O) groups is 1. The molecule has 3 aromatic rings. The van der Waals surface area contributed by atoms with Crippen LogP contribution in [0.4, 0.5) is 10.2 Å². The monoisotopic (exact) mass is 270 g/mol. The van der Waals surface area contributed by atoms with Gasteiger partial charge in [-0.05, 0) is 31.2 Å². The number of halogens is 1. The molecule has 1 N–H and O–H groups in total. The molecule has 5 nitrogen and oxygen atoms in total. The second kappa shape index (κ2) is 4.73. The number of fused-ring (bicyclic) bond motifs is 1. The van der Waals surface area contributed by atoms with Gasteiger partial charge < -0.3 is 9.72 Å². The highest BCUT2D eigenvalue weighted by Gasteiger charge is 2.08. The smallest absolute Gasteiger partial charge is 0.257 e. The van der Waals surface area contributed by atoms with E-state index in [0.29, 0.717) is 17.0 Å². The Labute approximate surface area is 114 Å². The van der Waals surface area contributed by atoms with Crippen LogP contribution in [0.1, 0.15) is 16.1 Å². The largest absolute Gasteiger partial charge is 0.307 e. The van der Waals surface area contributed by atoms with Crippen LogP contribution in [0.3, 0.4) is 0 Å². The van der Waals surface area contributed by atoms with Crippen LogP contribution in [0.15, 0.2) is 42.9 Å². The number of hydrogen-bond acceptors (Lipinski definition) is 3. The lowest BCUT2D eigenvalue weighted by Gasteiger charge is -2.04. The van der Waals surface area contributed by atoms with E-state index >= 15 is 0 Å². The number of aryl methyl sites for hydroxylation is 1. The third-order valence-corrected chi connectivity index (χ3v) is 2.81. The molecule has 1 amide bonds. The van der Waals surface area contributed by atoms with Gasteiger partial charge in [0.25, 0.3) is 5.91 Å². The van der Waals surface area contributed by atoms with Crippen molar-refractivity contribution in [2.24, 2.45) is 0 Å². The Morgan fingerprint density at radius 2 is 2.20 bits per heavy atom. The standard InChI is InChI=1S/C14H11FN4O/c1-9-8-19-5-4-10(6-13(19)17-9)14(20)18-12-3-2-11(15)7-16-12/h2-8H,1H3,(H,16,18,20). The molecule has 0 fully saturated rings. The van der Waals surface area contributed by atoms with E-state index in [2.05, 4.69) is 15.3 Å². The second-order valence-electron chi connectivity index (χ2n) is 4.38. The summed E-state index contributed by atoms with van der Waals surface area (Å²) in [7, 11) is 0. The molecule has 0 saturated heterocycles. The molecule has 0 bridgehead atoms. The van der Waals surface area contributed by atoms with Crippen molar-refractivity contribution < 1.29 is 9.18 Å². The van der Waals surface area contributed by atoms with Crippen LogP contribution in [-0.2, 0) is 0 Å². The molecule has 0 aromatic carbocycles. The summed E-state index contributed by atoms with van der Waals surface area (Å²) >= 11 is 0. The van der Waals surface area contributed by atoms with Crippen LogP contribution in [-0.4, -0.2) is 20.3 Å². The van der Waals surface area contributed by atoms with Crippen molar-refractivity contribution in [1.29, 1.82) is 0 Å². The quantitative estimate of drug-likeness (QED) is 0.778. The average Bonchev–Trinajstić information content (AvgIpc) is 2.80. The molecule has 20 heavy (non-hydrogen) atoms. The summed E-state index contributed by atoms with van der Waals surface area (Å²) in [6.45, 7) is 1.88. The molecule has 0 radical (unpaired) electrons. The van der Waals surface area contributed by atoms with Gasteiger partial charge in [-0.25, -0.2) is 14.4 Å². The van der Waals surface area contributed by atoms with Crippen LogP contribution in [0.25, 0.3) is 5.65 Å². The number of rotatable bonds is 2. The Hall–Kier alpha value is -2.76. The van der Waals surface area contributed by atoms with E-state index in [1.54, 1.807) is 18.3 Å². The molecule has 3 heterocycles. The van der Waals surface area contributed by atoms with E-state index in [1.807, 2.05) is 17.5 Å². The first-order valence-electron chi connectivity index (χ1n) is 6.00. The second-order valence-corrected chi connectivity index (χ2v) is 4.38. The Bertz CT molecular complexity index is 779. The third-order valence-electron chi connectivity index (χ3n) is 2.81. The summed E-state index contributed by atoms with van der Waals surface area (Å²) < 4.78 is 14.6. The molecule has 0 aliphatic carbocycles. The number of nitrogens with one attached hydrogen (secondary N) is 1. The summed E-state index contributed by atoms with van der Waals surface area (Å²) in [5, 5.41) is 2.60. The van der Waals surface area contributed by atoms with Gasteiger partial charge in [0.2, 0.25) is 0 Å². The maximum absolute atomic E-state index is 12.7. The number of nitrogens with zero attached hydrogens (tertiary/aromatic N) is 3. The van der Waals surface area contributed by atoms with Crippen molar-refractivity contribution >= 4 is 17.4 Å². The normalized spacial score (nSPS) is 10.7. The predicted octanol–water partition coefficient (Wildman–Crippen LogP) is 2.43. The minimum atomic E-state index is -0.447. The van der Waals surface area contributed by atoms with Gasteiger partial charge in [-0.2, -0.15) is 0 Å². The summed E-state index contributed by atoms with van der Waals surface area (Å²) in [4.78, 5) is 20.1. The van der Waals surface area contributed by atoms with Crippen molar-refractivity contribution in [3.05, 3.63) is 59.9 Å².